The van der Waals surface area contributed by atoms with Crippen molar-refractivity contribution in [3.63, 3.8) is 0 Å². The highest BCUT2D eigenvalue weighted by Crippen LogP contribution is 2.32. The first-order valence-electron chi connectivity index (χ1n) is 8.35. The van der Waals surface area contributed by atoms with E-state index in [9.17, 15) is 0 Å². The van der Waals surface area contributed by atoms with Crippen LogP contribution in [0.25, 0.3) is 27.1 Å². The summed E-state index contributed by atoms with van der Waals surface area (Å²) in [6.45, 7) is 2.62. The van der Waals surface area contributed by atoms with E-state index in [0.717, 1.165) is 46.2 Å². The van der Waals surface area contributed by atoms with Crippen LogP contribution in [0.1, 0.15) is 24.6 Å². The molecule has 4 aromatic rings. The van der Waals surface area contributed by atoms with Crippen LogP contribution in [0.4, 0.5) is 0 Å². The molecule has 1 aliphatic rings. The molecule has 0 unspecified atom stereocenters. The van der Waals surface area contributed by atoms with Gasteiger partial charge < -0.3 is 4.74 Å². The summed E-state index contributed by atoms with van der Waals surface area (Å²) in [5.74, 6) is 1.55. The van der Waals surface area contributed by atoms with Crippen LogP contribution < -0.4 is 4.74 Å². The maximum absolute atomic E-state index is 5.58. The number of H-pyrrole nitrogens is 1. The second kappa shape index (κ2) is 5.66. The molecule has 0 bridgehead atoms. The summed E-state index contributed by atoms with van der Waals surface area (Å²) in [6, 6.07) is 7.96. The average molecular weight is 352 g/mol. The largest absolute Gasteiger partial charge is 0.494 e. The molecule has 0 atom stereocenters. The smallest absolute Gasteiger partial charge is 0.235 e. The number of rotatable bonds is 4. The lowest BCUT2D eigenvalue weighted by atomic mass is 10.2. The van der Waals surface area contributed by atoms with Gasteiger partial charge in [-0.2, -0.15) is 14.7 Å². The first kappa shape index (κ1) is 14.6. The van der Waals surface area contributed by atoms with Gasteiger partial charge in [-0.25, -0.2) is 0 Å². The predicted octanol–water partition coefficient (Wildman–Crippen LogP) is 3.13. The molecule has 0 amide bonds. The summed E-state index contributed by atoms with van der Waals surface area (Å²) in [7, 11) is 0. The van der Waals surface area contributed by atoms with Crippen LogP contribution in [0.3, 0.4) is 0 Å². The molecule has 0 radical (unpaired) electrons. The summed E-state index contributed by atoms with van der Waals surface area (Å²) in [4.78, 5) is 0.765. The number of nitrogens with zero attached hydrogens (tertiary/aromatic N) is 5. The molecule has 1 aromatic carbocycles. The Kier molecular flexibility index (Phi) is 3.30. The predicted molar refractivity (Wildman–Crippen MR) is 94.9 cm³/mol. The number of hydrogen-bond acceptors (Lipinski definition) is 6. The minimum atomic E-state index is 0.642. The fourth-order valence-corrected chi connectivity index (χ4v) is 4.11. The molecule has 0 saturated heterocycles. The lowest BCUT2D eigenvalue weighted by Crippen LogP contribution is -1.94. The van der Waals surface area contributed by atoms with E-state index >= 15 is 0 Å². The van der Waals surface area contributed by atoms with Gasteiger partial charge >= 0.3 is 0 Å². The zero-order valence-corrected chi connectivity index (χ0v) is 14.5. The number of benzene rings is 1. The maximum Gasteiger partial charge on any atom is 0.235 e. The lowest BCUT2D eigenvalue weighted by molar-refractivity contribution is 0.340. The number of aryl methyl sites for hydroxylation is 1. The zero-order chi connectivity index (χ0) is 16.8. The fourth-order valence-electron chi connectivity index (χ4n) is 3.27. The van der Waals surface area contributed by atoms with Gasteiger partial charge in [0.25, 0.3) is 0 Å². The Hall–Kier alpha value is -2.74. The van der Waals surface area contributed by atoms with Crippen LogP contribution >= 0.6 is 11.3 Å². The summed E-state index contributed by atoms with van der Waals surface area (Å²) in [6.07, 6.45) is 3.24. The van der Waals surface area contributed by atoms with E-state index in [2.05, 4.69) is 20.4 Å². The van der Waals surface area contributed by atoms with E-state index < -0.39 is 0 Å². The molecular formula is C17H16N6OS. The standard InChI is InChI=1S/C17H16N6OS/c1-2-24-11-6-3-5-10(9-11)16-22-23-15(20-21-17(23)25-16)14-12-7-4-8-13(12)18-19-14/h3,5-6,9H,2,4,7-8H2,1H3,(H,18,19). The van der Waals surface area contributed by atoms with Crippen LogP contribution in [0.5, 0.6) is 5.75 Å². The van der Waals surface area contributed by atoms with Crippen molar-refractivity contribution in [2.75, 3.05) is 6.61 Å². The first-order chi connectivity index (χ1) is 12.3. The first-order valence-corrected chi connectivity index (χ1v) is 9.17. The molecule has 0 spiro atoms. The average Bonchev–Trinajstić information content (AvgIpc) is 3.36. The highest BCUT2D eigenvalue weighted by molar-refractivity contribution is 7.19. The van der Waals surface area contributed by atoms with Gasteiger partial charge in [-0.1, -0.05) is 23.5 Å². The minimum Gasteiger partial charge on any atom is -0.494 e. The van der Waals surface area contributed by atoms with Gasteiger partial charge in [-0.15, -0.1) is 10.2 Å². The molecule has 25 heavy (non-hydrogen) atoms. The summed E-state index contributed by atoms with van der Waals surface area (Å²) >= 11 is 1.51. The topological polar surface area (TPSA) is 81.0 Å². The van der Waals surface area contributed by atoms with E-state index in [1.807, 2.05) is 31.2 Å². The second-order valence-electron chi connectivity index (χ2n) is 5.97. The highest BCUT2D eigenvalue weighted by atomic mass is 32.1. The SMILES string of the molecule is CCOc1cccc(-c2nn3c(-c4n[nH]c5c4CCC5)nnc3s2)c1. The quantitative estimate of drug-likeness (QED) is 0.610. The van der Waals surface area contributed by atoms with Gasteiger partial charge in [0.15, 0.2) is 0 Å². The van der Waals surface area contributed by atoms with E-state index in [1.165, 1.54) is 22.6 Å². The van der Waals surface area contributed by atoms with Crippen LogP contribution in [-0.4, -0.2) is 36.6 Å². The molecule has 126 valence electrons. The van der Waals surface area contributed by atoms with Crippen LogP contribution in [0, 0.1) is 0 Å². The number of ether oxygens (including phenoxy) is 1. The van der Waals surface area contributed by atoms with Crippen LogP contribution in [0.2, 0.25) is 0 Å². The molecule has 1 N–H and O–H groups in total. The van der Waals surface area contributed by atoms with Crippen LogP contribution in [-0.2, 0) is 12.8 Å². The molecule has 3 aromatic heterocycles. The van der Waals surface area contributed by atoms with E-state index in [1.54, 1.807) is 4.52 Å². The third kappa shape index (κ3) is 2.32. The van der Waals surface area contributed by atoms with E-state index in [-0.39, 0.29) is 0 Å². The van der Waals surface area contributed by atoms with Gasteiger partial charge in [-0.05, 0) is 38.3 Å². The number of fused-ring (bicyclic) bond motifs is 2. The second-order valence-corrected chi connectivity index (χ2v) is 6.92. The number of hydrogen-bond donors (Lipinski definition) is 1. The molecule has 0 fully saturated rings. The lowest BCUT2D eigenvalue weighted by Gasteiger charge is -2.03. The molecule has 3 heterocycles. The minimum absolute atomic E-state index is 0.642. The van der Waals surface area contributed by atoms with Crippen molar-refractivity contribution < 1.29 is 4.74 Å². The Morgan fingerprint density at radius 2 is 2.24 bits per heavy atom. The summed E-state index contributed by atoms with van der Waals surface area (Å²) in [5.41, 5.74) is 4.35. The van der Waals surface area contributed by atoms with Crippen molar-refractivity contribution in [2.24, 2.45) is 0 Å². The number of aromatic amines is 1. The molecule has 8 heteroatoms. The van der Waals surface area contributed by atoms with Crippen molar-refractivity contribution in [1.82, 2.24) is 30.0 Å². The molecule has 7 nitrogen and oxygen atoms in total. The Labute approximate surface area is 147 Å². The molecule has 1 aliphatic carbocycles. The monoisotopic (exact) mass is 352 g/mol. The molecule has 0 saturated carbocycles. The van der Waals surface area contributed by atoms with Crippen molar-refractivity contribution in [3.05, 3.63) is 35.5 Å². The van der Waals surface area contributed by atoms with E-state index in [0.29, 0.717) is 12.4 Å². The summed E-state index contributed by atoms with van der Waals surface area (Å²) in [5, 5.41) is 21.8. The van der Waals surface area contributed by atoms with E-state index in [4.69, 9.17) is 9.84 Å². The fraction of sp³-hybridized carbons (Fsp3) is 0.294. The van der Waals surface area contributed by atoms with Gasteiger partial charge in [0, 0.05) is 16.8 Å². The molecule has 0 aliphatic heterocycles. The zero-order valence-electron chi connectivity index (χ0n) is 13.7. The third-order valence-electron chi connectivity index (χ3n) is 4.40. The van der Waals surface area contributed by atoms with Crippen molar-refractivity contribution in [1.29, 1.82) is 0 Å². The Morgan fingerprint density at radius 3 is 3.16 bits per heavy atom. The molecular weight excluding hydrogens is 336 g/mol. The van der Waals surface area contributed by atoms with Gasteiger partial charge in [-0.3, -0.25) is 5.10 Å². The molecule has 5 rings (SSSR count). The van der Waals surface area contributed by atoms with Crippen molar-refractivity contribution in [3.8, 4) is 27.8 Å². The van der Waals surface area contributed by atoms with Crippen molar-refractivity contribution >= 4 is 16.3 Å². The van der Waals surface area contributed by atoms with Gasteiger partial charge in [0.1, 0.15) is 16.5 Å². The number of aromatic nitrogens is 6. The third-order valence-corrected chi connectivity index (χ3v) is 5.35. The Bertz CT molecular complexity index is 1060. The highest BCUT2D eigenvalue weighted by Gasteiger charge is 2.24. The normalized spacial score (nSPS) is 13.5. The van der Waals surface area contributed by atoms with Crippen LogP contribution in [0.15, 0.2) is 24.3 Å². The van der Waals surface area contributed by atoms with Gasteiger partial charge in [0.05, 0.1) is 6.61 Å². The number of nitrogens with one attached hydrogen (secondary N) is 1. The van der Waals surface area contributed by atoms with Gasteiger partial charge in [0.2, 0.25) is 10.8 Å². The van der Waals surface area contributed by atoms with Crippen molar-refractivity contribution in [2.45, 2.75) is 26.2 Å². The Balaban J connectivity index is 1.59. The summed E-state index contributed by atoms with van der Waals surface area (Å²) < 4.78 is 7.38. The maximum atomic E-state index is 5.58. The Morgan fingerprint density at radius 1 is 1.28 bits per heavy atom.